The number of hydrogen-bond acceptors (Lipinski definition) is 4. The van der Waals surface area contributed by atoms with Crippen LogP contribution >= 0.6 is 0 Å². The Bertz CT molecular complexity index is 575. The van der Waals surface area contributed by atoms with Crippen LogP contribution in [-0.4, -0.2) is 40.2 Å². The van der Waals surface area contributed by atoms with E-state index in [4.69, 9.17) is 10.5 Å². The number of nitrogens with two attached hydrogens (primary N) is 1. The smallest absolute Gasteiger partial charge is 0.151 e. The maximum absolute atomic E-state index is 13.3. The van der Waals surface area contributed by atoms with Crippen LogP contribution in [0, 0.1) is 11.2 Å². The highest BCUT2D eigenvalue weighted by molar-refractivity contribution is 7.91. The first-order valence-corrected chi connectivity index (χ1v) is 7.95. The van der Waals surface area contributed by atoms with Crippen molar-refractivity contribution in [3.05, 3.63) is 35.6 Å². The lowest BCUT2D eigenvalue weighted by Gasteiger charge is -2.14. The Labute approximate surface area is 112 Å². The highest BCUT2D eigenvalue weighted by Gasteiger charge is 2.69. The number of benzene rings is 1. The summed E-state index contributed by atoms with van der Waals surface area (Å²) in [5.41, 5.74) is 5.79. The van der Waals surface area contributed by atoms with Crippen molar-refractivity contribution in [1.82, 2.24) is 0 Å². The molecule has 1 aliphatic rings. The standard InChI is InChI=1S/C13H18FNO3S/c1-18-8-13(7-15)11(12(13)19(2,16)17)9-4-3-5-10(14)6-9/h3-6,11-12H,7-8,15H2,1-2H3/t11-,12-,13-/m0/s1. The quantitative estimate of drug-likeness (QED) is 0.874. The summed E-state index contributed by atoms with van der Waals surface area (Å²) in [5.74, 6) is -0.678. The first kappa shape index (κ1) is 14.4. The van der Waals surface area contributed by atoms with Gasteiger partial charge in [-0.1, -0.05) is 12.1 Å². The van der Waals surface area contributed by atoms with Crippen molar-refractivity contribution in [2.24, 2.45) is 11.1 Å². The van der Waals surface area contributed by atoms with Gasteiger partial charge in [-0.05, 0) is 17.7 Å². The molecule has 1 aliphatic carbocycles. The molecule has 0 amide bonds. The van der Waals surface area contributed by atoms with Crippen LogP contribution in [-0.2, 0) is 14.6 Å². The number of hydrogen-bond donors (Lipinski definition) is 1. The third kappa shape index (κ3) is 2.40. The fourth-order valence-electron chi connectivity index (χ4n) is 3.08. The predicted octanol–water partition coefficient (Wildman–Crippen LogP) is 0.928. The molecule has 1 aromatic carbocycles. The van der Waals surface area contributed by atoms with Crippen molar-refractivity contribution < 1.29 is 17.5 Å². The first-order valence-electron chi connectivity index (χ1n) is 6.00. The molecule has 1 fully saturated rings. The number of sulfone groups is 1. The van der Waals surface area contributed by atoms with E-state index in [2.05, 4.69) is 0 Å². The molecule has 0 radical (unpaired) electrons. The van der Waals surface area contributed by atoms with E-state index in [0.29, 0.717) is 5.56 Å². The van der Waals surface area contributed by atoms with E-state index in [1.807, 2.05) is 0 Å². The minimum absolute atomic E-state index is 0.194. The summed E-state index contributed by atoms with van der Waals surface area (Å²) in [5, 5.41) is -0.605. The van der Waals surface area contributed by atoms with Crippen LogP contribution in [0.5, 0.6) is 0 Å². The largest absolute Gasteiger partial charge is 0.384 e. The average molecular weight is 287 g/mol. The molecule has 3 atom stereocenters. The topological polar surface area (TPSA) is 69.4 Å². The molecule has 0 aliphatic heterocycles. The molecule has 0 saturated heterocycles. The summed E-state index contributed by atoms with van der Waals surface area (Å²) >= 11 is 0. The molecule has 6 heteroatoms. The maximum Gasteiger partial charge on any atom is 0.151 e. The van der Waals surface area contributed by atoms with Crippen molar-refractivity contribution >= 4 is 9.84 Å². The summed E-state index contributed by atoms with van der Waals surface area (Å²) in [6.07, 6.45) is 1.19. The van der Waals surface area contributed by atoms with Gasteiger partial charge < -0.3 is 10.5 Å². The van der Waals surface area contributed by atoms with Gasteiger partial charge in [0, 0.05) is 31.2 Å². The Hall–Kier alpha value is -0.980. The Morgan fingerprint density at radius 3 is 2.63 bits per heavy atom. The lowest BCUT2D eigenvalue weighted by Crippen LogP contribution is -2.28. The Kier molecular flexibility index (Phi) is 3.68. The zero-order valence-corrected chi connectivity index (χ0v) is 11.8. The summed E-state index contributed by atoms with van der Waals surface area (Å²) in [7, 11) is -1.75. The van der Waals surface area contributed by atoms with Crippen LogP contribution in [0.2, 0.25) is 0 Å². The summed E-state index contributed by atoms with van der Waals surface area (Å²) in [6, 6.07) is 6.02. The lowest BCUT2D eigenvalue weighted by molar-refractivity contribution is 0.142. The van der Waals surface area contributed by atoms with Crippen LogP contribution in [0.3, 0.4) is 0 Å². The molecule has 1 saturated carbocycles. The average Bonchev–Trinajstić information content (AvgIpc) is 2.99. The fraction of sp³-hybridized carbons (Fsp3) is 0.538. The van der Waals surface area contributed by atoms with E-state index in [0.717, 1.165) is 0 Å². The van der Waals surface area contributed by atoms with Crippen molar-refractivity contribution in [3.63, 3.8) is 0 Å². The van der Waals surface area contributed by atoms with Gasteiger partial charge in [0.15, 0.2) is 9.84 Å². The molecule has 0 spiro atoms. The van der Waals surface area contributed by atoms with Crippen LogP contribution in [0.4, 0.5) is 4.39 Å². The highest BCUT2D eigenvalue weighted by atomic mass is 32.2. The molecule has 0 unspecified atom stereocenters. The minimum Gasteiger partial charge on any atom is -0.384 e. The van der Waals surface area contributed by atoms with Crippen LogP contribution < -0.4 is 5.73 Å². The molecule has 1 aromatic rings. The third-order valence-electron chi connectivity index (χ3n) is 3.84. The van der Waals surface area contributed by atoms with Gasteiger partial charge in [0.2, 0.25) is 0 Å². The van der Waals surface area contributed by atoms with E-state index < -0.39 is 20.5 Å². The molecule has 0 bridgehead atoms. The van der Waals surface area contributed by atoms with E-state index in [9.17, 15) is 12.8 Å². The van der Waals surface area contributed by atoms with E-state index in [1.165, 1.54) is 25.5 Å². The van der Waals surface area contributed by atoms with Gasteiger partial charge in [0.1, 0.15) is 5.82 Å². The second-order valence-corrected chi connectivity index (χ2v) is 7.32. The predicted molar refractivity (Wildman–Crippen MR) is 71.1 cm³/mol. The molecular weight excluding hydrogens is 269 g/mol. The SMILES string of the molecule is COC[C@@]1(CN)[C@@H](c2cccc(F)c2)[C@@H]1S(C)(=O)=O. The molecule has 0 aromatic heterocycles. The van der Waals surface area contributed by atoms with Gasteiger partial charge in [-0.3, -0.25) is 0 Å². The zero-order valence-electron chi connectivity index (χ0n) is 11.0. The molecule has 106 valence electrons. The second-order valence-electron chi connectivity index (χ2n) is 5.15. The van der Waals surface area contributed by atoms with Crippen LogP contribution in [0.25, 0.3) is 0 Å². The maximum atomic E-state index is 13.3. The number of halogens is 1. The van der Waals surface area contributed by atoms with Gasteiger partial charge in [0.05, 0.1) is 11.9 Å². The molecular formula is C13H18FNO3S. The fourth-order valence-corrected chi connectivity index (χ4v) is 5.08. The Morgan fingerprint density at radius 1 is 1.47 bits per heavy atom. The monoisotopic (exact) mass is 287 g/mol. The summed E-state index contributed by atoms with van der Waals surface area (Å²) in [6.45, 7) is 0.447. The number of ether oxygens (including phenoxy) is 1. The Morgan fingerprint density at radius 2 is 2.16 bits per heavy atom. The highest BCUT2D eigenvalue weighted by Crippen LogP contribution is 2.62. The second kappa shape index (κ2) is 4.85. The normalized spacial score (nSPS) is 30.3. The van der Waals surface area contributed by atoms with Gasteiger partial charge in [-0.2, -0.15) is 0 Å². The molecule has 19 heavy (non-hydrogen) atoms. The van der Waals surface area contributed by atoms with Crippen molar-refractivity contribution in [1.29, 1.82) is 0 Å². The zero-order chi connectivity index (χ0) is 14.3. The molecule has 4 nitrogen and oxygen atoms in total. The molecule has 2 N–H and O–H groups in total. The molecule has 0 heterocycles. The van der Waals surface area contributed by atoms with Crippen molar-refractivity contribution in [2.75, 3.05) is 26.5 Å². The van der Waals surface area contributed by atoms with E-state index in [-0.39, 0.29) is 24.9 Å². The first-order chi connectivity index (χ1) is 8.86. The van der Waals surface area contributed by atoms with Crippen LogP contribution in [0.15, 0.2) is 24.3 Å². The van der Waals surface area contributed by atoms with Gasteiger partial charge in [-0.25, -0.2) is 12.8 Å². The van der Waals surface area contributed by atoms with E-state index >= 15 is 0 Å². The van der Waals surface area contributed by atoms with Crippen molar-refractivity contribution in [2.45, 2.75) is 11.2 Å². The van der Waals surface area contributed by atoms with Crippen molar-refractivity contribution in [3.8, 4) is 0 Å². The van der Waals surface area contributed by atoms with Gasteiger partial charge in [-0.15, -0.1) is 0 Å². The lowest BCUT2D eigenvalue weighted by atomic mass is 10.00. The number of rotatable bonds is 5. The third-order valence-corrected chi connectivity index (χ3v) is 5.51. The summed E-state index contributed by atoms with van der Waals surface area (Å²) in [4.78, 5) is 0. The minimum atomic E-state index is -3.26. The van der Waals surface area contributed by atoms with Gasteiger partial charge >= 0.3 is 0 Å². The Balaban J connectivity index is 2.44. The number of methoxy groups -OCH3 is 1. The molecule has 2 rings (SSSR count). The van der Waals surface area contributed by atoms with E-state index in [1.54, 1.807) is 12.1 Å². The van der Waals surface area contributed by atoms with Crippen LogP contribution in [0.1, 0.15) is 11.5 Å². The summed E-state index contributed by atoms with van der Waals surface area (Å²) < 4.78 is 42.3. The van der Waals surface area contributed by atoms with Gasteiger partial charge in [0.25, 0.3) is 0 Å².